The molecule has 1 heterocycles. The van der Waals surface area contributed by atoms with Crippen molar-refractivity contribution in [1.29, 1.82) is 0 Å². The highest BCUT2D eigenvalue weighted by Crippen LogP contribution is 2.37. The first-order valence-corrected chi connectivity index (χ1v) is 7.04. The van der Waals surface area contributed by atoms with Gasteiger partial charge in [-0.1, -0.05) is 32.6 Å². The Morgan fingerprint density at radius 3 is 3.00 bits per heavy atom. The minimum Gasteiger partial charge on any atom is -0.321 e. The third kappa shape index (κ3) is 2.89. The molecular formula is C15H23FN2. The third-order valence-electron chi connectivity index (χ3n) is 4.24. The van der Waals surface area contributed by atoms with Gasteiger partial charge < -0.3 is 5.73 Å². The standard InChI is InChI=1S/C15H23FN2/c1-2-4-12-5-3-8-15(17,9-6-12)13-7-10-18-11-14(13)16/h7,10-12H,2-6,8-9,17H2,1H3. The molecule has 0 radical (unpaired) electrons. The maximum Gasteiger partial charge on any atom is 0.146 e. The van der Waals surface area contributed by atoms with Crippen LogP contribution in [0.15, 0.2) is 18.5 Å². The van der Waals surface area contributed by atoms with E-state index in [0.29, 0.717) is 5.56 Å². The Balaban J connectivity index is 2.14. The summed E-state index contributed by atoms with van der Waals surface area (Å²) in [5.41, 5.74) is 6.63. The number of nitrogens with two attached hydrogens (primary N) is 1. The molecule has 2 rings (SSSR count). The molecule has 3 heteroatoms. The van der Waals surface area contributed by atoms with Crippen LogP contribution in [-0.4, -0.2) is 4.98 Å². The van der Waals surface area contributed by atoms with Crippen molar-refractivity contribution in [2.45, 2.75) is 57.4 Å². The van der Waals surface area contributed by atoms with Crippen LogP contribution in [0.2, 0.25) is 0 Å². The van der Waals surface area contributed by atoms with Crippen LogP contribution in [0.4, 0.5) is 4.39 Å². The van der Waals surface area contributed by atoms with E-state index in [1.807, 2.05) is 0 Å². The Morgan fingerprint density at radius 1 is 1.44 bits per heavy atom. The molecule has 0 spiro atoms. The predicted molar refractivity (Wildman–Crippen MR) is 71.5 cm³/mol. The number of hydrogen-bond donors (Lipinski definition) is 1. The maximum atomic E-state index is 13.9. The molecule has 1 fully saturated rings. The summed E-state index contributed by atoms with van der Waals surface area (Å²) < 4.78 is 13.9. The summed E-state index contributed by atoms with van der Waals surface area (Å²) >= 11 is 0. The fourth-order valence-electron chi connectivity index (χ4n) is 3.18. The Morgan fingerprint density at radius 2 is 2.28 bits per heavy atom. The summed E-state index contributed by atoms with van der Waals surface area (Å²) in [6.07, 6.45) is 10.6. The average molecular weight is 250 g/mol. The highest BCUT2D eigenvalue weighted by atomic mass is 19.1. The zero-order valence-corrected chi connectivity index (χ0v) is 11.2. The number of halogens is 1. The maximum absolute atomic E-state index is 13.9. The van der Waals surface area contributed by atoms with Crippen LogP contribution >= 0.6 is 0 Å². The predicted octanol–water partition coefficient (Wildman–Crippen LogP) is 3.76. The number of aromatic nitrogens is 1. The van der Waals surface area contributed by atoms with Crippen LogP contribution < -0.4 is 5.73 Å². The zero-order valence-electron chi connectivity index (χ0n) is 11.2. The van der Waals surface area contributed by atoms with Crippen LogP contribution in [0, 0.1) is 11.7 Å². The lowest BCUT2D eigenvalue weighted by molar-refractivity contribution is 0.353. The molecule has 0 amide bonds. The largest absolute Gasteiger partial charge is 0.321 e. The molecule has 100 valence electrons. The van der Waals surface area contributed by atoms with Gasteiger partial charge in [-0.3, -0.25) is 4.98 Å². The molecule has 18 heavy (non-hydrogen) atoms. The summed E-state index contributed by atoms with van der Waals surface area (Å²) in [5, 5.41) is 0. The van der Waals surface area contributed by atoms with Gasteiger partial charge in [0, 0.05) is 17.3 Å². The van der Waals surface area contributed by atoms with Crippen molar-refractivity contribution in [2.24, 2.45) is 11.7 Å². The molecule has 1 aromatic heterocycles. The van der Waals surface area contributed by atoms with Gasteiger partial charge in [0.25, 0.3) is 0 Å². The molecule has 0 saturated heterocycles. The van der Waals surface area contributed by atoms with Crippen LogP contribution in [0.1, 0.15) is 57.4 Å². The van der Waals surface area contributed by atoms with Crippen molar-refractivity contribution in [3.8, 4) is 0 Å². The van der Waals surface area contributed by atoms with Crippen LogP contribution in [0.25, 0.3) is 0 Å². The van der Waals surface area contributed by atoms with Gasteiger partial charge >= 0.3 is 0 Å². The molecule has 1 aliphatic rings. The molecule has 0 aromatic carbocycles. The summed E-state index contributed by atoms with van der Waals surface area (Å²) in [7, 11) is 0. The highest BCUT2D eigenvalue weighted by molar-refractivity contribution is 5.23. The molecule has 1 saturated carbocycles. The van der Waals surface area contributed by atoms with Crippen molar-refractivity contribution in [3.63, 3.8) is 0 Å². The van der Waals surface area contributed by atoms with Gasteiger partial charge in [0.05, 0.1) is 6.20 Å². The minimum absolute atomic E-state index is 0.256. The average Bonchev–Trinajstić information content (AvgIpc) is 2.54. The molecule has 2 atom stereocenters. The van der Waals surface area contributed by atoms with Crippen molar-refractivity contribution in [2.75, 3.05) is 0 Å². The lowest BCUT2D eigenvalue weighted by Gasteiger charge is -2.29. The zero-order chi connectivity index (χ0) is 13.0. The summed E-state index contributed by atoms with van der Waals surface area (Å²) in [4.78, 5) is 3.81. The van der Waals surface area contributed by atoms with E-state index < -0.39 is 5.54 Å². The smallest absolute Gasteiger partial charge is 0.146 e. The van der Waals surface area contributed by atoms with Crippen molar-refractivity contribution in [3.05, 3.63) is 29.8 Å². The normalized spacial score (nSPS) is 28.9. The first-order valence-electron chi connectivity index (χ1n) is 7.04. The van der Waals surface area contributed by atoms with Crippen molar-refractivity contribution in [1.82, 2.24) is 4.98 Å². The minimum atomic E-state index is -0.491. The summed E-state index contributed by atoms with van der Waals surface area (Å²) in [6.45, 7) is 2.23. The van der Waals surface area contributed by atoms with Gasteiger partial charge in [0.15, 0.2) is 0 Å². The number of pyridine rings is 1. The number of nitrogens with zero attached hydrogens (tertiary/aromatic N) is 1. The van der Waals surface area contributed by atoms with Gasteiger partial charge in [0.2, 0.25) is 0 Å². The van der Waals surface area contributed by atoms with Crippen LogP contribution in [0.5, 0.6) is 0 Å². The van der Waals surface area contributed by atoms with E-state index in [1.54, 1.807) is 12.3 Å². The second-order valence-corrected chi connectivity index (χ2v) is 5.60. The van der Waals surface area contributed by atoms with Gasteiger partial charge in [-0.15, -0.1) is 0 Å². The number of rotatable bonds is 3. The molecule has 2 nitrogen and oxygen atoms in total. The molecule has 0 bridgehead atoms. The van der Waals surface area contributed by atoms with E-state index in [1.165, 1.54) is 25.5 Å². The van der Waals surface area contributed by atoms with Crippen LogP contribution in [0.3, 0.4) is 0 Å². The van der Waals surface area contributed by atoms with E-state index in [9.17, 15) is 4.39 Å². The van der Waals surface area contributed by atoms with Gasteiger partial charge in [-0.05, 0) is 31.2 Å². The van der Waals surface area contributed by atoms with E-state index in [-0.39, 0.29) is 5.82 Å². The van der Waals surface area contributed by atoms with Crippen molar-refractivity contribution < 1.29 is 4.39 Å². The summed E-state index contributed by atoms with van der Waals surface area (Å²) in [5.74, 6) is 0.513. The highest BCUT2D eigenvalue weighted by Gasteiger charge is 2.32. The molecule has 1 aliphatic carbocycles. The first-order chi connectivity index (χ1) is 8.65. The quantitative estimate of drug-likeness (QED) is 0.830. The first kappa shape index (κ1) is 13.5. The molecular weight excluding hydrogens is 227 g/mol. The Kier molecular flexibility index (Phi) is 4.33. The Labute approximate surface area is 109 Å². The second kappa shape index (κ2) is 5.79. The van der Waals surface area contributed by atoms with Gasteiger partial charge in [-0.2, -0.15) is 0 Å². The van der Waals surface area contributed by atoms with Crippen molar-refractivity contribution >= 4 is 0 Å². The molecule has 2 N–H and O–H groups in total. The molecule has 1 aromatic rings. The monoisotopic (exact) mass is 250 g/mol. The fraction of sp³-hybridized carbons (Fsp3) is 0.667. The van der Waals surface area contributed by atoms with Crippen LogP contribution in [-0.2, 0) is 5.54 Å². The Bertz CT molecular complexity index is 394. The lowest BCUT2D eigenvalue weighted by Crippen LogP contribution is -2.37. The van der Waals surface area contributed by atoms with Gasteiger partial charge in [-0.25, -0.2) is 4.39 Å². The van der Waals surface area contributed by atoms with E-state index >= 15 is 0 Å². The third-order valence-corrected chi connectivity index (χ3v) is 4.24. The molecule has 0 aliphatic heterocycles. The van der Waals surface area contributed by atoms with E-state index in [4.69, 9.17) is 5.73 Å². The fourth-order valence-corrected chi connectivity index (χ4v) is 3.18. The molecule has 2 unspecified atom stereocenters. The summed E-state index contributed by atoms with van der Waals surface area (Å²) in [6, 6.07) is 1.75. The Hall–Kier alpha value is -0.960. The van der Waals surface area contributed by atoms with E-state index in [2.05, 4.69) is 11.9 Å². The topological polar surface area (TPSA) is 38.9 Å². The van der Waals surface area contributed by atoms with Gasteiger partial charge in [0.1, 0.15) is 5.82 Å². The lowest BCUT2D eigenvalue weighted by atomic mass is 9.83. The second-order valence-electron chi connectivity index (χ2n) is 5.60. The SMILES string of the molecule is CCCC1CCCC(N)(c2ccncc2F)CC1. The van der Waals surface area contributed by atoms with E-state index in [0.717, 1.165) is 31.6 Å². The number of hydrogen-bond acceptors (Lipinski definition) is 2.